The van der Waals surface area contributed by atoms with Crippen molar-refractivity contribution in [3.05, 3.63) is 64.6 Å². The molecule has 0 aliphatic carbocycles. The van der Waals surface area contributed by atoms with Crippen LogP contribution in [0.25, 0.3) is 11.1 Å². The summed E-state index contributed by atoms with van der Waals surface area (Å²) >= 11 is 0. The van der Waals surface area contributed by atoms with Crippen LogP contribution in [0.2, 0.25) is 0 Å². The third-order valence-electron chi connectivity index (χ3n) is 5.68. The number of carbonyl (C=O) groups excluding carboxylic acids is 1. The maximum atomic E-state index is 12.4. The zero-order chi connectivity index (χ0) is 20.9. The molecule has 1 N–H and O–H groups in total. The molecule has 158 valence electrons. The molecule has 1 aromatic heterocycles. The molecule has 0 radical (unpaired) electrons. The van der Waals surface area contributed by atoms with E-state index in [4.69, 9.17) is 9.15 Å². The highest BCUT2D eigenvalue weighted by atomic mass is 16.5. The molecule has 7 heteroatoms. The van der Waals surface area contributed by atoms with Crippen LogP contribution >= 0.6 is 0 Å². The highest BCUT2D eigenvalue weighted by molar-refractivity contribution is 5.77. The van der Waals surface area contributed by atoms with Gasteiger partial charge in [0.25, 0.3) is 0 Å². The fourth-order valence-electron chi connectivity index (χ4n) is 4.05. The van der Waals surface area contributed by atoms with E-state index >= 15 is 0 Å². The Morgan fingerprint density at radius 2 is 1.87 bits per heavy atom. The average Bonchev–Trinajstić information content (AvgIpc) is 3.09. The lowest BCUT2D eigenvalue weighted by molar-refractivity contribution is -0.122. The molecule has 4 rings (SSSR count). The Morgan fingerprint density at radius 3 is 2.67 bits per heavy atom. The van der Waals surface area contributed by atoms with E-state index in [1.54, 1.807) is 13.2 Å². The van der Waals surface area contributed by atoms with Crippen molar-refractivity contribution in [1.29, 1.82) is 0 Å². The van der Waals surface area contributed by atoms with E-state index in [1.807, 2.05) is 36.4 Å². The molecular weight excluding hydrogens is 382 g/mol. The monoisotopic (exact) mass is 409 g/mol. The predicted octanol–water partition coefficient (Wildman–Crippen LogP) is 2.77. The number of hydrogen-bond donors (Lipinski definition) is 1. The van der Waals surface area contributed by atoms with E-state index in [0.717, 1.165) is 43.7 Å². The van der Waals surface area contributed by atoms with Crippen molar-refractivity contribution >= 4 is 17.0 Å². The number of para-hydroxylation sites is 3. The third-order valence-corrected chi connectivity index (χ3v) is 5.68. The molecule has 0 spiro atoms. The largest absolute Gasteiger partial charge is 0.496 e. The van der Waals surface area contributed by atoms with E-state index in [1.165, 1.54) is 10.1 Å². The van der Waals surface area contributed by atoms with E-state index < -0.39 is 5.76 Å². The topological polar surface area (TPSA) is 76.7 Å². The predicted molar refractivity (Wildman–Crippen MR) is 115 cm³/mol. The van der Waals surface area contributed by atoms with Gasteiger partial charge in [-0.3, -0.25) is 14.3 Å². The van der Waals surface area contributed by atoms with E-state index in [0.29, 0.717) is 12.1 Å². The molecule has 1 fully saturated rings. The first-order chi connectivity index (χ1) is 14.6. The molecule has 7 nitrogen and oxygen atoms in total. The zero-order valence-corrected chi connectivity index (χ0v) is 17.2. The van der Waals surface area contributed by atoms with Gasteiger partial charge in [0.15, 0.2) is 5.58 Å². The van der Waals surface area contributed by atoms with Crippen LogP contribution in [-0.2, 0) is 17.9 Å². The summed E-state index contributed by atoms with van der Waals surface area (Å²) in [5.74, 6) is 0.457. The molecule has 2 aromatic carbocycles. The van der Waals surface area contributed by atoms with Crippen molar-refractivity contribution in [3.63, 3.8) is 0 Å². The number of piperidine rings is 1. The number of fused-ring (bicyclic) bond motifs is 1. The van der Waals surface area contributed by atoms with E-state index in [9.17, 15) is 9.59 Å². The first-order valence-corrected chi connectivity index (χ1v) is 10.4. The van der Waals surface area contributed by atoms with Crippen molar-refractivity contribution < 1.29 is 13.9 Å². The lowest BCUT2D eigenvalue weighted by atomic mass is 10.0. The SMILES string of the molecule is COc1ccccc1CN1CCC(NC(=O)CCn2c(=O)oc3ccccc32)CC1. The maximum absolute atomic E-state index is 12.4. The Hall–Kier alpha value is -3.06. The van der Waals surface area contributed by atoms with Gasteiger partial charge in [-0.05, 0) is 31.0 Å². The second-order valence-electron chi connectivity index (χ2n) is 7.67. The van der Waals surface area contributed by atoms with Crippen LogP contribution in [0.1, 0.15) is 24.8 Å². The normalized spacial score (nSPS) is 15.4. The number of likely N-dealkylation sites (tertiary alicyclic amines) is 1. The minimum absolute atomic E-state index is 0.0321. The van der Waals surface area contributed by atoms with Crippen LogP contribution in [0.3, 0.4) is 0 Å². The van der Waals surface area contributed by atoms with Crippen LogP contribution in [-0.4, -0.2) is 41.6 Å². The number of nitrogens with zero attached hydrogens (tertiary/aromatic N) is 2. The second kappa shape index (κ2) is 9.17. The number of nitrogens with one attached hydrogen (secondary N) is 1. The Morgan fingerprint density at radius 1 is 1.13 bits per heavy atom. The van der Waals surface area contributed by atoms with Gasteiger partial charge < -0.3 is 14.5 Å². The molecule has 0 unspecified atom stereocenters. The fourth-order valence-corrected chi connectivity index (χ4v) is 4.05. The smallest absolute Gasteiger partial charge is 0.419 e. The number of methoxy groups -OCH3 is 1. The third kappa shape index (κ3) is 4.57. The zero-order valence-electron chi connectivity index (χ0n) is 17.2. The molecule has 1 saturated heterocycles. The minimum Gasteiger partial charge on any atom is -0.496 e. The minimum atomic E-state index is -0.423. The van der Waals surface area contributed by atoms with Crippen LogP contribution in [0, 0.1) is 0 Å². The number of carbonyl (C=O) groups is 1. The molecule has 1 aliphatic heterocycles. The van der Waals surface area contributed by atoms with Gasteiger partial charge in [-0.25, -0.2) is 4.79 Å². The van der Waals surface area contributed by atoms with Crippen molar-refractivity contribution in [2.45, 2.75) is 38.4 Å². The lowest BCUT2D eigenvalue weighted by Gasteiger charge is -2.32. The number of amides is 1. The number of benzene rings is 2. The van der Waals surface area contributed by atoms with Crippen LogP contribution < -0.4 is 15.8 Å². The van der Waals surface area contributed by atoms with Gasteiger partial charge in [0.1, 0.15) is 5.75 Å². The molecule has 1 aliphatic rings. The van der Waals surface area contributed by atoms with Crippen molar-refractivity contribution in [3.8, 4) is 5.75 Å². The van der Waals surface area contributed by atoms with Crippen molar-refractivity contribution in [1.82, 2.24) is 14.8 Å². The fraction of sp³-hybridized carbons (Fsp3) is 0.391. The summed E-state index contributed by atoms with van der Waals surface area (Å²) in [7, 11) is 1.70. The Bertz CT molecular complexity index is 1060. The molecule has 3 aromatic rings. The van der Waals surface area contributed by atoms with Crippen LogP contribution in [0.15, 0.2) is 57.7 Å². The van der Waals surface area contributed by atoms with Gasteiger partial charge in [0, 0.05) is 44.2 Å². The molecule has 0 saturated carbocycles. The van der Waals surface area contributed by atoms with Gasteiger partial charge >= 0.3 is 5.76 Å². The number of aryl methyl sites for hydroxylation is 1. The molecular formula is C23H27N3O4. The Balaban J connectivity index is 1.25. The molecule has 1 amide bonds. The van der Waals surface area contributed by atoms with Gasteiger partial charge in [-0.15, -0.1) is 0 Å². The van der Waals surface area contributed by atoms with Crippen molar-refractivity contribution in [2.24, 2.45) is 0 Å². The van der Waals surface area contributed by atoms with Gasteiger partial charge in [-0.1, -0.05) is 30.3 Å². The number of oxazole rings is 1. The van der Waals surface area contributed by atoms with Crippen molar-refractivity contribution in [2.75, 3.05) is 20.2 Å². The highest BCUT2D eigenvalue weighted by Crippen LogP contribution is 2.21. The maximum Gasteiger partial charge on any atom is 0.419 e. The van der Waals surface area contributed by atoms with Crippen LogP contribution in [0.4, 0.5) is 0 Å². The first-order valence-electron chi connectivity index (χ1n) is 10.4. The van der Waals surface area contributed by atoms with E-state index in [2.05, 4.69) is 16.3 Å². The summed E-state index contributed by atoms with van der Waals surface area (Å²) in [6.07, 6.45) is 2.08. The number of aromatic nitrogens is 1. The van der Waals surface area contributed by atoms with Gasteiger partial charge in [0.2, 0.25) is 5.91 Å². The van der Waals surface area contributed by atoms with Gasteiger partial charge in [0.05, 0.1) is 12.6 Å². The Kier molecular flexibility index (Phi) is 6.18. The summed E-state index contributed by atoms with van der Waals surface area (Å²) in [5, 5.41) is 3.12. The molecule has 30 heavy (non-hydrogen) atoms. The number of ether oxygens (including phenoxy) is 1. The van der Waals surface area contributed by atoms with Gasteiger partial charge in [-0.2, -0.15) is 0 Å². The molecule has 0 bridgehead atoms. The standard InChI is InChI=1S/C23H27N3O4/c1-29-20-8-4-2-6-17(20)16-25-13-10-18(11-14-25)24-22(27)12-15-26-19-7-3-5-9-21(19)30-23(26)28/h2-9,18H,10-16H2,1H3,(H,24,27). The van der Waals surface area contributed by atoms with Crippen LogP contribution in [0.5, 0.6) is 5.75 Å². The summed E-state index contributed by atoms with van der Waals surface area (Å²) in [5.41, 5.74) is 2.45. The quantitative estimate of drug-likeness (QED) is 0.649. The molecule has 0 atom stereocenters. The average molecular weight is 409 g/mol. The summed E-state index contributed by atoms with van der Waals surface area (Å²) < 4.78 is 12.2. The molecule has 2 heterocycles. The number of rotatable bonds is 7. The first kappa shape index (κ1) is 20.2. The Labute approximate surface area is 175 Å². The second-order valence-corrected chi connectivity index (χ2v) is 7.67. The summed E-state index contributed by atoms with van der Waals surface area (Å²) in [6, 6.07) is 15.5. The van der Waals surface area contributed by atoms with E-state index in [-0.39, 0.29) is 18.4 Å². The number of hydrogen-bond acceptors (Lipinski definition) is 5. The highest BCUT2D eigenvalue weighted by Gasteiger charge is 2.21. The summed E-state index contributed by atoms with van der Waals surface area (Å²) in [6.45, 7) is 3.01. The summed E-state index contributed by atoms with van der Waals surface area (Å²) in [4.78, 5) is 26.8. The lowest BCUT2D eigenvalue weighted by Crippen LogP contribution is -2.44.